The van der Waals surface area contributed by atoms with E-state index >= 15 is 0 Å². The van der Waals surface area contributed by atoms with Gasteiger partial charge in [-0.15, -0.1) is 11.3 Å². The normalized spacial score (nSPS) is 10.2. The molecule has 0 atom stereocenters. The Morgan fingerprint density at radius 3 is 2.18 bits per heavy atom. The summed E-state index contributed by atoms with van der Waals surface area (Å²) in [7, 11) is 0. The van der Waals surface area contributed by atoms with Gasteiger partial charge in [-0.3, -0.25) is 9.59 Å². The van der Waals surface area contributed by atoms with Crippen LogP contribution in [0.4, 0.5) is 11.4 Å². The number of carbonyl (C=O) groups is 3. The van der Waals surface area contributed by atoms with Gasteiger partial charge in [0.25, 0.3) is 11.8 Å². The molecule has 142 valence electrons. The molecule has 0 aliphatic carbocycles. The van der Waals surface area contributed by atoms with Crippen LogP contribution in [0, 0.1) is 6.92 Å². The standard InChI is InChI=1S/C21H18N2O4S/c1-14-4-8-16(9-5-14)22-19(24)13-27-21(26)15-6-10-17(11-7-15)23-20(25)18-3-2-12-28-18/h2-12H,13H2,1H3,(H,22,24)(H,23,25). The number of carbonyl (C=O) groups excluding carboxylic acids is 3. The Hall–Kier alpha value is -3.45. The summed E-state index contributed by atoms with van der Waals surface area (Å²) >= 11 is 1.34. The number of esters is 1. The molecular formula is C21H18N2O4S. The Morgan fingerprint density at radius 1 is 0.893 bits per heavy atom. The monoisotopic (exact) mass is 394 g/mol. The molecule has 2 amide bonds. The average Bonchev–Trinajstić information content (AvgIpc) is 3.23. The van der Waals surface area contributed by atoms with E-state index in [1.807, 2.05) is 24.4 Å². The smallest absolute Gasteiger partial charge is 0.338 e. The molecule has 0 unspecified atom stereocenters. The minimum atomic E-state index is -0.616. The summed E-state index contributed by atoms with van der Waals surface area (Å²) in [5, 5.41) is 7.23. The molecule has 0 saturated heterocycles. The zero-order valence-electron chi connectivity index (χ0n) is 15.1. The van der Waals surface area contributed by atoms with Crippen LogP contribution >= 0.6 is 11.3 Å². The third-order valence-electron chi connectivity index (χ3n) is 3.79. The first-order chi connectivity index (χ1) is 13.5. The quantitative estimate of drug-likeness (QED) is 0.617. The Labute approximate surface area is 166 Å². The van der Waals surface area contributed by atoms with Crippen molar-refractivity contribution in [3.8, 4) is 0 Å². The summed E-state index contributed by atoms with van der Waals surface area (Å²) in [5.41, 5.74) is 2.57. The molecule has 1 aromatic heterocycles. The van der Waals surface area contributed by atoms with E-state index in [9.17, 15) is 14.4 Å². The van der Waals surface area contributed by atoms with Crippen LogP contribution in [-0.2, 0) is 9.53 Å². The predicted octanol–water partition coefficient (Wildman–Crippen LogP) is 4.10. The van der Waals surface area contributed by atoms with Crippen LogP contribution in [0.15, 0.2) is 66.0 Å². The van der Waals surface area contributed by atoms with Crippen LogP contribution in [0.1, 0.15) is 25.6 Å². The third kappa shape index (κ3) is 5.28. The van der Waals surface area contributed by atoms with Crippen molar-refractivity contribution in [2.45, 2.75) is 6.92 Å². The molecule has 2 aromatic carbocycles. The number of rotatable bonds is 6. The highest BCUT2D eigenvalue weighted by molar-refractivity contribution is 7.12. The van der Waals surface area contributed by atoms with E-state index in [0.29, 0.717) is 16.3 Å². The molecule has 6 nitrogen and oxygen atoms in total. The van der Waals surface area contributed by atoms with Gasteiger partial charge < -0.3 is 15.4 Å². The molecule has 0 saturated carbocycles. The van der Waals surface area contributed by atoms with Gasteiger partial charge in [0, 0.05) is 11.4 Å². The van der Waals surface area contributed by atoms with Crippen molar-refractivity contribution in [1.82, 2.24) is 0 Å². The topological polar surface area (TPSA) is 84.5 Å². The maximum Gasteiger partial charge on any atom is 0.338 e. The van der Waals surface area contributed by atoms with E-state index in [1.54, 1.807) is 36.4 Å². The molecule has 0 aliphatic heterocycles. The number of aryl methyl sites for hydroxylation is 1. The van der Waals surface area contributed by atoms with Crippen LogP contribution in [0.2, 0.25) is 0 Å². The summed E-state index contributed by atoms with van der Waals surface area (Å²) < 4.78 is 5.03. The molecule has 0 fully saturated rings. The Kier molecular flexibility index (Phi) is 6.18. The second-order valence-electron chi connectivity index (χ2n) is 6.00. The summed E-state index contributed by atoms with van der Waals surface area (Å²) in [4.78, 5) is 36.6. The van der Waals surface area contributed by atoms with Crippen LogP contribution in [0.25, 0.3) is 0 Å². The zero-order valence-corrected chi connectivity index (χ0v) is 15.9. The van der Waals surface area contributed by atoms with Gasteiger partial charge in [-0.05, 0) is 54.8 Å². The first kappa shape index (κ1) is 19.3. The molecule has 3 rings (SSSR count). The maximum absolute atomic E-state index is 12.1. The Balaban J connectivity index is 1.49. The maximum atomic E-state index is 12.1. The fourth-order valence-electron chi connectivity index (χ4n) is 2.34. The predicted molar refractivity (Wildman–Crippen MR) is 109 cm³/mol. The van der Waals surface area contributed by atoms with Gasteiger partial charge in [0.15, 0.2) is 6.61 Å². The lowest BCUT2D eigenvalue weighted by molar-refractivity contribution is -0.119. The third-order valence-corrected chi connectivity index (χ3v) is 4.66. The zero-order chi connectivity index (χ0) is 19.9. The molecule has 2 N–H and O–H groups in total. The molecule has 0 radical (unpaired) electrons. The molecule has 7 heteroatoms. The summed E-state index contributed by atoms with van der Waals surface area (Å²) in [6.45, 7) is 1.57. The largest absolute Gasteiger partial charge is 0.452 e. The van der Waals surface area contributed by atoms with Crippen molar-refractivity contribution in [1.29, 1.82) is 0 Å². The van der Waals surface area contributed by atoms with Gasteiger partial charge >= 0.3 is 5.97 Å². The van der Waals surface area contributed by atoms with Crippen LogP contribution in [0.5, 0.6) is 0 Å². The van der Waals surface area contributed by atoms with Crippen LogP contribution in [0.3, 0.4) is 0 Å². The van der Waals surface area contributed by atoms with Gasteiger partial charge in [0.05, 0.1) is 10.4 Å². The minimum Gasteiger partial charge on any atom is -0.452 e. The number of benzene rings is 2. The molecule has 0 aliphatic rings. The van der Waals surface area contributed by atoms with Crippen molar-refractivity contribution in [2.75, 3.05) is 17.2 Å². The Bertz CT molecular complexity index is 965. The van der Waals surface area contributed by atoms with Crippen molar-refractivity contribution < 1.29 is 19.1 Å². The van der Waals surface area contributed by atoms with E-state index in [-0.39, 0.29) is 18.1 Å². The lowest BCUT2D eigenvalue weighted by atomic mass is 10.2. The second-order valence-corrected chi connectivity index (χ2v) is 6.95. The number of amides is 2. The summed E-state index contributed by atoms with van der Waals surface area (Å²) in [6, 6.07) is 17.1. The van der Waals surface area contributed by atoms with Gasteiger partial charge in [-0.25, -0.2) is 4.79 Å². The average molecular weight is 394 g/mol. The highest BCUT2D eigenvalue weighted by Gasteiger charge is 2.12. The van der Waals surface area contributed by atoms with E-state index < -0.39 is 11.9 Å². The van der Waals surface area contributed by atoms with E-state index in [1.165, 1.54) is 23.5 Å². The lowest BCUT2D eigenvalue weighted by Crippen LogP contribution is -2.20. The van der Waals surface area contributed by atoms with E-state index in [4.69, 9.17) is 4.74 Å². The Morgan fingerprint density at radius 2 is 1.54 bits per heavy atom. The van der Waals surface area contributed by atoms with Crippen LogP contribution in [-0.4, -0.2) is 24.4 Å². The molecule has 0 bridgehead atoms. The summed E-state index contributed by atoms with van der Waals surface area (Å²) in [6.07, 6.45) is 0. The number of hydrogen-bond acceptors (Lipinski definition) is 5. The van der Waals surface area contributed by atoms with Crippen molar-refractivity contribution in [3.63, 3.8) is 0 Å². The molecule has 0 spiro atoms. The fourth-order valence-corrected chi connectivity index (χ4v) is 2.96. The molecular weight excluding hydrogens is 376 g/mol. The number of thiophene rings is 1. The van der Waals surface area contributed by atoms with E-state index in [2.05, 4.69) is 10.6 Å². The van der Waals surface area contributed by atoms with Crippen molar-refractivity contribution >= 4 is 40.5 Å². The number of ether oxygens (including phenoxy) is 1. The van der Waals surface area contributed by atoms with Gasteiger partial charge in [0.2, 0.25) is 0 Å². The first-order valence-corrected chi connectivity index (χ1v) is 9.38. The fraction of sp³-hybridized carbons (Fsp3) is 0.0952. The van der Waals surface area contributed by atoms with Gasteiger partial charge in [0.1, 0.15) is 0 Å². The summed E-state index contributed by atoms with van der Waals surface area (Å²) in [5.74, 6) is -1.25. The second kappa shape index (κ2) is 8.96. The van der Waals surface area contributed by atoms with Gasteiger partial charge in [-0.2, -0.15) is 0 Å². The van der Waals surface area contributed by atoms with Gasteiger partial charge in [-0.1, -0.05) is 23.8 Å². The SMILES string of the molecule is Cc1ccc(NC(=O)COC(=O)c2ccc(NC(=O)c3cccs3)cc2)cc1. The van der Waals surface area contributed by atoms with Crippen LogP contribution < -0.4 is 10.6 Å². The van der Waals surface area contributed by atoms with E-state index in [0.717, 1.165) is 5.56 Å². The molecule has 28 heavy (non-hydrogen) atoms. The first-order valence-electron chi connectivity index (χ1n) is 8.50. The number of hydrogen-bond donors (Lipinski definition) is 2. The highest BCUT2D eigenvalue weighted by atomic mass is 32.1. The number of nitrogens with one attached hydrogen (secondary N) is 2. The van der Waals surface area contributed by atoms with Crippen molar-refractivity contribution in [3.05, 3.63) is 82.0 Å². The lowest BCUT2D eigenvalue weighted by Gasteiger charge is -2.08. The molecule has 1 heterocycles. The highest BCUT2D eigenvalue weighted by Crippen LogP contribution is 2.15. The van der Waals surface area contributed by atoms with Crippen molar-refractivity contribution in [2.24, 2.45) is 0 Å². The minimum absolute atomic E-state index is 0.210. The molecule has 3 aromatic rings. The number of anilines is 2.